The minimum atomic E-state index is -0.477. The number of carbonyl (C=O) groups excluding carboxylic acids is 1. The van der Waals surface area contributed by atoms with Crippen molar-refractivity contribution in [2.24, 2.45) is 0 Å². The van der Waals surface area contributed by atoms with Crippen molar-refractivity contribution < 1.29 is 9.53 Å². The molecule has 0 atom stereocenters. The van der Waals surface area contributed by atoms with E-state index in [1.807, 2.05) is 37.2 Å². The summed E-state index contributed by atoms with van der Waals surface area (Å²) in [7, 11) is 3.82. The Kier molecular flexibility index (Phi) is 3.62. The summed E-state index contributed by atoms with van der Waals surface area (Å²) in [5, 5.41) is 6.24. The molecule has 0 aliphatic heterocycles. The number of para-hydroxylation sites is 2. The summed E-state index contributed by atoms with van der Waals surface area (Å²) in [5.41, 5.74) is 1.52. The number of fused-ring (bicyclic) bond motifs is 2. The van der Waals surface area contributed by atoms with Gasteiger partial charge in [0, 0.05) is 22.7 Å². The molecule has 0 aliphatic rings. The van der Waals surface area contributed by atoms with Crippen LogP contribution < -0.4 is 5.43 Å². The molecule has 0 unspecified atom stereocenters. The largest absolute Gasteiger partial charge is 0.460 e. The molecule has 25 heavy (non-hydrogen) atoms. The molecular formula is C19H17N3O3. The third-order valence-electron chi connectivity index (χ3n) is 4.29. The van der Waals surface area contributed by atoms with Gasteiger partial charge in [-0.25, -0.2) is 9.31 Å². The molecule has 0 radical (unpaired) electrons. The van der Waals surface area contributed by atoms with Gasteiger partial charge < -0.3 is 9.64 Å². The van der Waals surface area contributed by atoms with Crippen molar-refractivity contribution in [3.05, 3.63) is 58.4 Å². The molecule has 126 valence electrons. The Morgan fingerprint density at radius 2 is 1.80 bits per heavy atom. The van der Waals surface area contributed by atoms with Crippen LogP contribution in [0.3, 0.4) is 0 Å². The predicted molar refractivity (Wildman–Crippen MR) is 96.5 cm³/mol. The SMILES string of the molecule is CN(C)CCOC(=O)c1nn2c3ccccc3c(=O)c3cccc1c32. The number of likely N-dealkylation sites (N-methyl/N-ethyl adjacent to an activating group) is 1. The summed E-state index contributed by atoms with van der Waals surface area (Å²) in [5.74, 6) is -0.477. The van der Waals surface area contributed by atoms with Gasteiger partial charge in [0.2, 0.25) is 0 Å². The molecule has 0 bridgehead atoms. The number of carbonyl (C=O) groups is 1. The van der Waals surface area contributed by atoms with E-state index in [1.165, 1.54) is 0 Å². The molecule has 0 N–H and O–H groups in total. The van der Waals surface area contributed by atoms with E-state index in [0.29, 0.717) is 33.7 Å². The molecule has 0 saturated carbocycles. The smallest absolute Gasteiger partial charge is 0.359 e. The number of hydrogen-bond acceptors (Lipinski definition) is 5. The van der Waals surface area contributed by atoms with Crippen molar-refractivity contribution >= 4 is 33.2 Å². The van der Waals surface area contributed by atoms with E-state index in [4.69, 9.17) is 4.74 Å². The summed E-state index contributed by atoms with van der Waals surface area (Å²) in [4.78, 5) is 27.2. The standard InChI is InChI=1S/C19H17N3O3/c1-21(2)10-11-25-19(24)16-13-7-5-8-14-17(13)22(20-16)15-9-4-3-6-12(15)18(14)23/h3-9H,10-11H2,1-2H3. The van der Waals surface area contributed by atoms with Crippen molar-refractivity contribution in [1.29, 1.82) is 0 Å². The molecule has 0 fully saturated rings. The number of nitrogens with zero attached hydrogens (tertiary/aromatic N) is 3. The molecule has 0 amide bonds. The van der Waals surface area contributed by atoms with Crippen molar-refractivity contribution in [3.8, 4) is 0 Å². The van der Waals surface area contributed by atoms with Gasteiger partial charge in [-0.2, -0.15) is 5.10 Å². The second-order valence-corrected chi connectivity index (χ2v) is 6.25. The lowest BCUT2D eigenvalue weighted by atomic mass is 10.1. The topological polar surface area (TPSA) is 63.9 Å². The lowest BCUT2D eigenvalue weighted by Crippen LogP contribution is -2.20. The van der Waals surface area contributed by atoms with Gasteiger partial charge in [-0.3, -0.25) is 4.79 Å². The molecule has 2 aromatic carbocycles. The number of aromatic nitrogens is 2. The summed E-state index contributed by atoms with van der Waals surface area (Å²) in [6.45, 7) is 0.923. The Labute approximate surface area is 143 Å². The van der Waals surface area contributed by atoms with Crippen LogP contribution in [0.2, 0.25) is 0 Å². The van der Waals surface area contributed by atoms with Crippen LogP contribution in [0.4, 0.5) is 0 Å². The van der Waals surface area contributed by atoms with E-state index in [0.717, 1.165) is 0 Å². The zero-order valence-corrected chi connectivity index (χ0v) is 14.0. The number of esters is 1. The summed E-state index contributed by atoms with van der Waals surface area (Å²) in [6.07, 6.45) is 0. The van der Waals surface area contributed by atoms with Crippen LogP contribution in [0.1, 0.15) is 10.5 Å². The average molecular weight is 335 g/mol. The van der Waals surface area contributed by atoms with Crippen LogP contribution >= 0.6 is 0 Å². The molecule has 6 heteroatoms. The van der Waals surface area contributed by atoms with Gasteiger partial charge in [0.25, 0.3) is 0 Å². The Balaban J connectivity index is 1.93. The number of rotatable bonds is 4. The zero-order valence-electron chi connectivity index (χ0n) is 14.0. The van der Waals surface area contributed by atoms with Gasteiger partial charge >= 0.3 is 5.97 Å². The van der Waals surface area contributed by atoms with E-state index in [1.54, 1.807) is 28.8 Å². The zero-order chi connectivity index (χ0) is 17.6. The average Bonchev–Trinajstić information content (AvgIpc) is 3.00. The first-order chi connectivity index (χ1) is 12.1. The Morgan fingerprint density at radius 1 is 1.08 bits per heavy atom. The predicted octanol–water partition coefficient (Wildman–Crippen LogP) is 2.16. The fraction of sp³-hybridized carbons (Fsp3) is 0.211. The van der Waals surface area contributed by atoms with Crippen LogP contribution in [0.5, 0.6) is 0 Å². The molecule has 4 rings (SSSR count). The van der Waals surface area contributed by atoms with E-state index in [-0.39, 0.29) is 17.7 Å². The maximum atomic E-state index is 12.8. The van der Waals surface area contributed by atoms with E-state index in [2.05, 4.69) is 5.10 Å². The second kappa shape index (κ2) is 5.82. The minimum absolute atomic E-state index is 0.0545. The number of ether oxygens (including phenoxy) is 1. The monoisotopic (exact) mass is 335 g/mol. The molecular weight excluding hydrogens is 318 g/mol. The molecule has 0 spiro atoms. The molecule has 2 heterocycles. The highest BCUT2D eigenvalue weighted by Crippen LogP contribution is 2.26. The third-order valence-corrected chi connectivity index (χ3v) is 4.29. The van der Waals surface area contributed by atoms with Crippen LogP contribution in [-0.4, -0.2) is 47.7 Å². The number of benzene rings is 2. The number of pyridine rings is 1. The normalized spacial score (nSPS) is 11.8. The van der Waals surface area contributed by atoms with Crippen molar-refractivity contribution in [2.45, 2.75) is 0 Å². The maximum absolute atomic E-state index is 12.8. The Bertz CT molecular complexity index is 1150. The fourth-order valence-corrected chi connectivity index (χ4v) is 3.06. The van der Waals surface area contributed by atoms with Crippen LogP contribution in [0.15, 0.2) is 47.3 Å². The van der Waals surface area contributed by atoms with Gasteiger partial charge in [0.05, 0.1) is 11.0 Å². The van der Waals surface area contributed by atoms with Gasteiger partial charge in [-0.05, 0) is 32.3 Å². The van der Waals surface area contributed by atoms with Crippen LogP contribution in [0, 0.1) is 0 Å². The summed E-state index contributed by atoms with van der Waals surface area (Å²) in [6, 6.07) is 12.6. The quantitative estimate of drug-likeness (QED) is 0.422. The molecule has 6 nitrogen and oxygen atoms in total. The maximum Gasteiger partial charge on any atom is 0.359 e. The van der Waals surface area contributed by atoms with Gasteiger partial charge in [-0.15, -0.1) is 0 Å². The molecule has 0 saturated heterocycles. The lowest BCUT2D eigenvalue weighted by molar-refractivity contribution is 0.0477. The van der Waals surface area contributed by atoms with E-state index in [9.17, 15) is 9.59 Å². The Morgan fingerprint density at radius 3 is 2.60 bits per heavy atom. The first kappa shape index (κ1) is 15.5. The van der Waals surface area contributed by atoms with E-state index >= 15 is 0 Å². The highest BCUT2D eigenvalue weighted by atomic mass is 16.5. The summed E-state index contributed by atoms with van der Waals surface area (Å²) < 4.78 is 7.01. The third kappa shape index (κ3) is 2.42. The second-order valence-electron chi connectivity index (χ2n) is 6.25. The first-order valence-electron chi connectivity index (χ1n) is 8.05. The van der Waals surface area contributed by atoms with Crippen molar-refractivity contribution in [3.63, 3.8) is 0 Å². The minimum Gasteiger partial charge on any atom is -0.460 e. The number of hydrogen-bond donors (Lipinski definition) is 0. The van der Waals surface area contributed by atoms with Gasteiger partial charge in [0.1, 0.15) is 6.61 Å². The molecule has 2 aromatic heterocycles. The van der Waals surface area contributed by atoms with Gasteiger partial charge in [-0.1, -0.05) is 24.3 Å². The fourth-order valence-electron chi connectivity index (χ4n) is 3.06. The van der Waals surface area contributed by atoms with E-state index < -0.39 is 5.97 Å². The van der Waals surface area contributed by atoms with Crippen LogP contribution in [-0.2, 0) is 4.74 Å². The van der Waals surface area contributed by atoms with Crippen molar-refractivity contribution in [1.82, 2.24) is 14.5 Å². The highest BCUT2D eigenvalue weighted by Gasteiger charge is 2.21. The lowest BCUT2D eigenvalue weighted by Gasteiger charge is -2.08. The molecule has 4 aromatic rings. The summed E-state index contributed by atoms with van der Waals surface area (Å²) >= 11 is 0. The highest BCUT2D eigenvalue weighted by molar-refractivity contribution is 6.10. The molecule has 0 aliphatic carbocycles. The first-order valence-corrected chi connectivity index (χ1v) is 8.05. The van der Waals surface area contributed by atoms with Gasteiger partial charge in [0.15, 0.2) is 11.1 Å². The van der Waals surface area contributed by atoms with Crippen molar-refractivity contribution in [2.75, 3.05) is 27.2 Å². The van der Waals surface area contributed by atoms with Crippen LogP contribution in [0.25, 0.3) is 27.2 Å². The Hall–Kier alpha value is -2.99.